The Bertz CT molecular complexity index is 945. The van der Waals surface area contributed by atoms with E-state index < -0.39 is 0 Å². The van der Waals surface area contributed by atoms with E-state index in [1.165, 1.54) is 0 Å². The summed E-state index contributed by atoms with van der Waals surface area (Å²) < 4.78 is 11.6. The third-order valence-corrected chi connectivity index (χ3v) is 4.97. The molecule has 1 saturated heterocycles. The standard InChI is InChI=1S/C21H20ClN3O3/c22-18-6-2-1-5-17(18)19-7-8-20(28-19)21(26)25-11-10-24-12-15(25)14-27-16-4-3-9-23-13-16/h1-9,13,15,24H,10-12,14H2. The average Bonchev–Trinajstić information content (AvgIpc) is 3.23. The summed E-state index contributed by atoms with van der Waals surface area (Å²) in [6, 6.07) is 14.4. The fourth-order valence-electron chi connectivity index (χ4n) is 3.20. The average molecular weight is 398 g/mol. The number of amides is 1. The van der Waals surface area contributed by atoms with Crippen molar-refractivity contribution in [3.63, 3.8) is 0 Å². The van der Waals surface area contributed by atoms with Crippen LogP contribution in [-0.4, -0.2) is 48.1 Å². The van der Waals surface area contributed by atoms with Crippen molar-refractivity contribution in [1.29, 1.82) is 0 Å². The first-order valence-corrected chi connectivity index (χ1v) is 9.49. The van der Waals surface area contributed by atoms with E-state index in [9.17, 15) is 4.79 Å². The van der Waals surface area contributed by atoms with E-state index in [1.807, 2.05) is 30.3 Å². The first-order valence-electron chi connectivity index (χ1n) is 9.11. The van der Waals surface area contributed by atoms with Crippen LogP contribution >= 0.6 is 11.6 Å². The number of aromatic nitrogens is 1. The molecule has 2 aromatic heterocycles. The summed E-state index contributed by atoms with van der Waals surface area (Å²) in [5.74, 6) is 1.40. The monoisotopic (exact) mass is 397 g/mol. The molecule has 7 heteroatoms. The molecule has 3 aromatic rings. The molecule has 1 unspecified atom stereocenters. The second-order valence-corrected chi connectivity index (χ2v) is 6.91. The van der Waals surface area contributed by atoms with Gasteiger partial charge in [-0.25, -0.2) is 0 Å². The Morgan fingerprint density at radius 2 is 2.14 bits per heavy atom. The number of ether oxygens (including phenoxy) is 1. The van der Waals surface area contributed by atoms with Gasteiger partial charge in [0, 0.05) is 31.4 Å². The van der Waals surface area contributed by atoms with E-state index in [0.29, 0.717) is 42.0 Å². The zero-order valence-corrected chi connectivity index (χ0v) is 15.9. The van der Waals surface area contributed by atoms with Crippen molar-refractivity contribution in [2.75, 3.05) is 26.2 Å². The molecular formula is C21H20ClN3O3. The number of rotatable bonds is 5. The van der Waals surface area contributed by atoms with Crippen LogP contribution in [0.5, 0.6) is 5.75 Å². The van der Waals surface area contributed by atoms with Crippen molar-refractivity contribution in [2.24, 2.45) is 0 Å². The molecule has 1 aliphatic heterocycles. The molecular weight excluding hydrogens is 378 g/mol. The lowest BCUT2D eigenvalue weighted by Gasteiger charge is -2.35. The topological polar surface area (TPSA) is 67.6 Å². The molecule has 3 heterocycles. The summed E-state index contributed by atoms with van der Waals surface area (Å²) in [6.07, 6.45) is 3.35. The Balaban J connectivity index is 1.48. The predicted molar refractivity (Wildman–Crippen MR) is 107 cm³/mol. The molecule has 0 saturated carbocycles. The van der Waals surface area contributed by atoms with Crippen LogP contribution in [-0.2, 0) is 0 Å². The van der Waals surface area contributed by atoms with Crippen molar-refractivity contribution in [1.82, 2.24) is 15.2 Å². The first-order chi connectivity index (χ1) is 13.7. The summed E-state index contributed by atoms with van der Waals surface area (Å²) >= 11 is 6.23. The van der Waals surface area contributed by atoms with E-state index in [0.717, 1.165) is 12.1 Å². The van der Waals surface area contributed by atoms with Crippen molar-refractivity contribution >= 4 is 17.5 Å². The molecule has 6 nitrogen and oxygen atoms in total. The Hall–Kier alpha value is -2.83. The third-order valence-electron chi connectivity index (χ3n) is 4.64. The van der Waals surface area contributed by atoms with Crippen molar-refractivity contribution in [2.45, 2.75) is 6.04 Å². The number of carbonyl (C=O) groups excluding carboxylic acids is 1. The molecule has 0 aliphatic carbocycles. The van der Waals surface area contributed by atoms with Gasteiger partial charge in [-0.2, -0.15) is 0 Å². The number of piperazine rings is 1. The van der Waals surface area contributed by atoms with Crippen LogP contribution in [0.4, 0.5) is 0 Å². The number of furan rings is 1. The highest BCUT2D eigenvalue weighted by molar-refractivity contribution is 6.33. The SMILES string of the molecule is O=C(c1ccc(-c2ccccc2Cl)o1)N1CCNCC1COc1cccnc1. The van der Waals surface area contributed by atoms with Gasteiger partial charge in [-0.15, -0.1) is 0 Å². The Labute approximate surface area is 168 Å². The minimum absolute atomic E-state index is 0.102. The lowest BCUT2D eigenvalue weighted by molar-refractivity contribution is 0.0529. The molecule has 144 valence electrons. The van der Waals surface area contributed by atoms with E-state index in [-0.39, 0.29) is 11.9 Å². The summed E-state index contributed by atoms with van der Waals surface area (Å²) in [5.41, 5.74) is 0.764. The van der Waals surface area contributed by atoms with Gasteiger partial charge >= 0.3 is 0 Å². The summed E-state index contributed by atoms with van der Waals surface area (Å²) in [6.45, 7) is 2.35. The van der Waals surface area contributed by atoms with Gasteiger partial charge in [0.25, 0.3) is 5.91 Å². The van der Waals surface area contributed by atoms with Gasteiger partial charge in [-0.3, -0.25) is 9.78 Å². The maximum atomic E-state index is 13.1. The number of hydrogen-bond donors (Lipinski definition) is 1. The van der Waals surface area contributed by atoms with Crippen LogP contribution in [0.25, 0.3) is 11.3 Å². The zero-order valence-electron chi connectivity index (χ0n) is 15.2. The molecule has 1 fully saturated rings. The lowest BCUT2D eigenvalue weighted by atomic mass is 10.2. The molecule has 1 aromatic carbocycles. The number of pyridine rings is 1. The maximum absolute atomic E-state index is 13.1. The molecule has 1 amide bonds. The van der Waals surface area contributed by atoms with E-state index in [2.05, 4.69) is 10.3 Å². The molecule has 4 rings (SSSR count). The lowest BCUT2D eigenvalue weighted by Crippen LogP contribution is -2.55. The second-order valence-electron chi connectivity index (χ2n) is 6.50. The molecule has 1 aliphatic rings. The van der Waals surface area contributed by atoms with Gasteiger partial charge in [0.1, 0.15) is 18.1 Å². The summed E-state index contributed by atoms with van der Waals surface area (Å²) in [5, 5.41) is 3.89. The smallest absolute Gasteiger partial charge is 0.290 e. The van der Waals surface area contributed by atoms with Gasteiger partial charge in [0.15, 0.2) is 5.76 Å². The van der Waals surface area contributed by atoms with E-state index in [1.54, 1.807) is 35.5 Å². The van der Waals surface area contributed by atoms with Gasteiger partial charge in [-0.05, 0) is 36.4 Å². The minimum atomic E-state index is -0.153. The Kier molecular flexibility index (Phi) is 5.60. The third kappa shape index (κ3) is 4.03. The van der Waals surface area contributed by atoms with Crippen LogP contribution in [0.3, 0.4) is 0 Å². The van der Waals surface area contributed by atoms with Gasteiger partial charge < -0.3 is 19.4 Å². The molecule has 0 radical (unpaired) electrons. The van der Waals surface area contributed by atoms with Crippen LogP contribution in [0.2, 0.25) is 5.02 Å². The molecule has 0 spiro atoms. The van der Waals surface area contributed by atoms with E-state index in [4.69, 9.17) is 20.8 Å². The number of hydrogen-bond acceptors (Lipinski definition) is 5. The molecule has 28 heavy (non-hydrogen) atoms. The van der Waals surface area contributed by atoms with Gasteiger partial charge in [0.2, 0.25) is 0 Å². The molecule has 1 atom stereocenters. The van der Waals surface area contributed by atoms with Crippen molar-refractivity contribution < 1.29 is 13.9 Å². The zero-order chi connectivity index (χ0) is 19.3. The highest BCUT2D eigenvalue weighted by atomic mass is 35.5. The van der Waals surface area contributed by atoms with Crippen LogP contribution in [0.15, 0.2) is 65.3 Å². The Morgan fingerprint density at radius 3 is 2.96 bits per heavy atom. The highest BCUT2D eigenvalue weighted by Gasteiger charge is 2.30. The van der Waals surface area contributed by atoms with Crippen LogP contribution in [0, 0.1) is 0 Å². The number of halogens is 1. The second kappa shape index (κ2) is 8.46. The number of nitrogens with one attached hydrogen (secondary N) is 1. The van der Waals surface area contributed by atoms with Crippen LogP contribution < -0.4 is 10.1 Å². The minimum Gasteiger partial charge on any atom is -0.490 e. The molecule has 0 bridgehead atoms. The Morgan fingerprint density at radius 1 is 1.25 bits per heavy atom. The normalized spacial score (nSPS) is 16.8. The number of benzene rings is 1. The van der Waals surface area contributed by atoms with E-state index >= 15 is 0 Å². The highest BCUT2D eigenvalue weighted by Crippen LogP contribution is 2.29. The van der Waals surface area contributed by atoms with Gasteiger partial charge in [0.05, 0.1) is 17.3 Å². The van der Waals surface area contributed by atoms with Crippen molar-refractivity contribution in [3.05, 3.63) is 71.7 Å². The first kappa shape index (κ1) is 18.5. The largest absolute Gasteiger partial charge is 0.490 e. The fraction of sp³-hybridized carbons (Fsp3) is 0.238. The quantitative estimate of drug-likeness (QED) is 0.713. The fourth-order valence-corrected chi connectivity index (χ4v) is 3.43. The number of nitrogens with zero attached hydrogens (tertiary/aromatic N) is 2. The van der Waals surface area contributed by atoms with Crippen LogP contribution in [0.1, 0.15) is 10.6 Å². The summed E-state index contributed by atoms with van der Waals surface area (Å²) in [4.78, 5) is 18.9. The van der Waals surface area contributed by atoms with Crippen molar-refractivity contribution in [3.8, 4) is 17.1 Å². The maximum Gasteiger partial charge on any atom is 0.290 e. The molecule has 1 N–H and O–H groups in total. The number of carbonyl (C=O) groups is 1. The summed E-state index contributed by atoms with van der Waals surface area (Å²) in [7, 11) is 0. The van der Waals surface area contributed by atoms with Gasteiger partial charge in [-0.1, -0.05) is 23.7 Å². The predicted octanol–water partition coefficient (Wildman–Crippen LogP) is 3.49.